The van der Waals surface area contributed by atoms with E-state index in [9.17, 15) is 13.8 Å². The molecular weight excluding hydrogens is 278 g/mol. The van der Waals surface area contributed by atoms with Gasteiger partial charge in [-0.1, -0.05) is 27.2 Å². The van der Waals surface area contributed by atoms with Crippen LogP contribution in [0, 0.1) is 11.8 Å². The minimum Gasteiger partial charge on any atom is -0.272 e. The van der Waals surface area contributed by atoms with Crippen molar-refractivity contribution in [1.29, 1.82) is 0 Å². The first-order chi connectivity index (χ1) is 9.56. The van der Waals surface area contributed by atoms with Crippen molar-refractivity contribution in [3.63, 3.8) is 0 Å². The molecule has 0 N–H and O–H groups in total. The fourth-order valence-corrected chi connectivity index (χ4v) is 1.95. The highest BCUT2D eigenvalue weighted by molar-refractivity contribution is 7.80. The minimum atomic E-state index is -1.57. The first kappa shape index (κ1) is 21.1. The van der Waals surface area contributed by atoms with Gasteiger partial charge in [0.2, 0.25) is 0 Å². The summed E-state index contributed by atoms with van der Waals surface area (Å²) in [5, 5.41) is 0.631. The molecule has 0 bridgehead atoms. The van der Waals surface area contributed by atoms with Crippen molar-refractivity contribution >= 4 is 22.9 Å². The molecule has 6 heteroatoms. The lowest BCUT2D eigenvalue weighted by Gasteiger charge is -2.10. The van der Waals surface area contributed by atoms with Crippen LogP contribution in [0.15, 0.2) is 0 Å². The van der Waals surface area contributed by atoms with Crippen LogP contribution in [-0.4, -0.2) is 26.8 Å². The molecule has 116 valence electrons. The number of hydrogen-bond acceptors (Lipinski definition) is 4. The molecule has 2 amide bonds. The van der Waals surface area contributed by atoms with Gasteiger partial charge in [0, 0.05) is 12.8 Å². The number of nitrogens with zero attached hydrogens (tertiary/aromatic N) is 1. The van der Waals surface area contributed by atoms with E-state index < -0.39 is 22.9 Å². The monoisotopic (exact) mass is 303 g/mol. The van der Waals surface area contributed by atoms with Crippen molar-refractivity contribution in [3.05, 3.63) is 0 Å². The van der Waals surface area contributed by atoms with Gasteiger partial charge in [0.05, 0.1) is 5.75 Å². The van der Waals surface area contributed by atoms with Crippen LogP contribution in [0.5, 0.6) is 0 Å². The number of imide groups is 1. The summed E-state index contributed by atoms with van der Waals surface area (Å²) in [5.74, 6) is 4.91. The van der Waals surface area contributed by atoms with Crippen LogP contribution in [0.1, 0.15) is 60.3 Å². The Balaban J connectivity index is 0. The van der Waals surface area contributed by atoms with E-state index in [-0.39, 0.29) is 12.8 Å². The molecule has 0 aromatic rings. The SMILES string of the molecule is CC.CC#CC.CCCCS(=O)ON1C(=O)CCC1=O. The normalized spacial score (nSPS) is 14.3. The van der Waals surface area contributed by atoms with E-state index in [0.29, 0.717) is 10.8 Å². The van der Waals surface area contributed by atoms with E-state index in [2.05, 4.69) is 11.8 Å². The third-order valence-corrected chi connectivity index (χ3v) is 3.02. The Morgan fingerprint density at radius 3 is 1.95 bits per heavy atom. The topological polar surface area (TPSA) is 63.7 Å². The molecule has 1 unspecified atom stereocenters. The van der Waals surface area contributed by atoms with Crippen LogP contribution < -0.4 is 0 Å². The van der Waals surface area contributed by atoms with Crippen molar-refractivity contribution in [2.45, 2.75) is 60.3 Å². The van der Waals surface area contributed by atoms with E-state index in [1.54, 1.807) is 0 Å². The summed E-state index contributed by atoms with van der Waals surface area (Å²) >= 11 is -1.57. The van der Waals surface area contributed by atoms with Gasteiger partial charge in [0.15, 0.2) is 11.1 Å². The van der Waals surface area contributed by atoms with E-state index in [1.165, 1.54) is 0 Å². The molecule has 5 nitrogen and oxygen atoms in total. The Bertz CT molecular complexity index is 349. The molecule has 1 saturated heterocycles. The Labute approximate surface area is 124 Å². The largest absolute Gasteiger partial charge is 0.272 e. The third kappa shape index (κ3) is 9.70. The van der Waals surface area contributed by atoms with Crippen molar-refractivity contribution in [2.75, 3.05) is 5.75 Å². The lowest BCUT2D eigenvalue weighted by Crippen LogP contribution is -2.30. The predicted octanol–water partition coefficient (Wildman–Crippen LogP) is 2.59. The average Bonchev–Trinajstić information content (AvgIpc) is 2.79. The molecular formula is C14H25NO4S. The van der Waals surface area contributed by atoms with Crippen molar-refractivity contribution < 1.29 is 18.1 Å². The van der Waals surface area contributed by atoms with Crippen molar-refractivity contribution in [1.82, 2.24) is 5.06 Å². The van der Waals surface area contributed by atoms with Gasteiger partial charge in [-0.25, -0.2) is 4.21 Å². The molecule has 20 heavy (non-hydrogen) atoms. The molecule has 1 atom stereocenters. The lowest BCUT2D eigenvalue weighted by atomic mass is 10.4. The highest BCUT2D eigenvalue weighted by Gasteiger charge is 2.31. The minimum absolute atomic E-state index is 0.157. The second-order valence-electron chi connectivity index (χ2n) is 3.52. The number of rotatable bonds is 5. The van der Waals surface area contributed by atoms with E-state index >= 15 is 0 Å². The standard InChI is InChI=1S/C8H13NO4S.C4H6.C2H6/c1-2-3-6-14(12)13-9-7(10)4-5-8(9)11;1-3-4-2;1-2/h2-6H2,1H3;1-2H3;1-2H3. The van der Waals surface area contributed by atoms with Gasteiger partial charge in [0.1, 0.15) is 0 Å². The molecule has 0 spiro atoms. The molecule has 0 radical (unpaired) electrons. The van der Waals surface area contributed by atoms with Gasteiger partial charge in [-0.2, -0.15) is 4.28 Å². The Hall–Kier alpha value is -1.19. The van der Waals surface area contributed by atoms with E-state index in [0.717, 1.165) is 12.8 Å². The zero-order chi connectivity index (χ0) is 16.0. The predicted molar refractivity (Wildman–Crippen MR) is 80.6 cm³/mol. The summed E-state index contributed by atoms with van der Waals surface area (Å²) in [6.45, 7) is 9.60. The maximum Gasteiger partial charge on any atom is 0.255 e. The Morgan fingerprint density at radius 2 is 1.60 bits per heavy atom. The number of hydrogen-bond donors (Lipinski definition) is 0. The highest BCUT2D eigenvalue weighted by atomic mass is 32.2. The maximum absolute atomic E-state index is 11.2. The second-order valence-corrected chi connectivity index (χ2v) is 4.68. The molecule has 0 aromatic carbocycles. The number of carbonyl (C=O) groups excluding carboxylic acids is 2. The van der Waals surface area contributed by atoms with Crippen LogP contribution in [0.25, 0.3) is 0 Å². The smallest absolute Gasteiger partial charge is 0.255 e. The summed E-state index contributed by atoms with van der Waals surface area (Å²) in [7, 11) is 0. The highest BCUT2D eigenvalue weighted by Crippen LogP contribution is 2.13. The molecule has 1 fully saturated rings. The zero-order valence-corrected chi connectivity index (χ0v) is 13.8. The molecule has 1 aliphatic rings. The molecule has 0 aromatic heterocycles. The van der Waals surface area contributed by atoms with E-state index in [1.807, 2.05) is 34.6 Å². The van der Waals surface area contributed by atoms with E-state index in [4.69, 9.17) is 4.28 Å². The van der Waals surface area contributed by atoms with Crippen molar-refractivity contribution in [3.8, 4) is 11.8 Å². The van der Waals surface area contributed by atoms with Crippen LogP contribution in [0.4, 0.5) is 0 Å². The molecule has 1 heterocycles. The van der Waals surface area contributed by atoms with Crippen molar-refractivity contribution in [2.24, 2.45) is 0 Å². The first-order valence-electron chi connectivity index (χ1n) is 6.82. The Kier molecular flexibility index (Phi) is 15.0. The fraction of sp³-hybridized carbons (Fsp3) is 0.714. The second kappa shape index (κ2) is 14.2. The average molecular weight is 303 g/mol. The fourth-order valence-electron chi connectivity index (χ4n) is 1.02. The van der Waals surface area contributed by atoms with Crippen LogP contribution in [-0.2, 0) is 25.0 Å². The van der Waals surface area contributed by atoms with Crippen LogP contribution in [0.2, 0.25) is 0 Å². The summed E-state index contributed by atoms with van der Waals surface area (Å²) < 4.78 is 15.9. The van der Waals surface area contributed by atoms with Gasteiger partial charge in [-0.3, -0.25) is 9.59 Å². The van der Waals surface area contributed by atoms with Crippen LogP contribution in [0.3, 0.4) is 0 Å². The summed E-state index contributed by atoms with van der Waals surface area (Å²) in [6.07, 6.45) is 1.97. The lowest BCUT2D eigenvalue weighted by molar-refractivity contribution is -0.162. The summed E-state index contributed by atoms with van der Waals surface area (Å²) in [5.41, 5.74) is 0. The zero-order valence-electron chi connectivity index (χ0n) is 13.0. The number of carbonyl (C=O) groups is 2. The van der Waals surface area contributed by atoms with Gasteiger partial charge < -0.3 is 0 Å². The number of hydroxylamine groups is 2. The third-order valence-electron chi connectivity index (χ3n) is 2.08. The van der Waals surface area contributed by atoms with Gasteiger partial charge in [-0.05, 0) is 20.3 Å². The molecule has 1 aliphatic heterocycles. The molecule has 0 aliphatic carbocycles. The maximum atomic E-state index is 11.2. The number of amides is 2. The summed E-state index contributed by atoms with van der Waals surface area (Å²) in [4.78, 5) is 22.1. The number of unbranched alkanes of at least 4 members (excludes halogenated alkanes) is 1. The Morgan fingerprint density at radius 1 is 1.15 bits per heavy atom. The van der Waals surface area contributed by atoms with Crippen LogP contribution >= 0.6 is 0 Å². The quantitative estimate of drug-likeness (QED) is 0.578. The first-order valence-corrected chi connectivity index (χ1v) is 8.07. The van der Waals surface area contributed by atoms with Gasteiger partial charge in [-0.15, -0.1) is 16.9 Å². The molecule has 1 rings (SSSR count). The van der Waals surface area contributed by atoms with Gasteiger partial charge >= 0.3 is 0 Å². The molecule has 0 saturated carbocycles. The van der Waals surface area contributed by atoms with Gasteiger partial charge in [0.25, 0.3) is 11.8 Å². The summed E-state index contributed by atoms with van der Waals surface area (Å²) in [6, 6.07) is 0.